The average molecular weight is 276 g/mol. The third-order valence-electron chi connectivity index (χ3n) is 2.15. The zero-order valence-corrected chi connectivity index (χ0v) is 9.42. The highest BCUT2D eigenvalue weighted by Gasteiger charge is 2.35. The van der Waals surface area contributed by atoms with Crippen molar-refractivity contribution in [3.8, 4) is 0 Å². The summed E-state index contributed by atoms with van der Waals surface area (Å²) in [5.74, 6) is -2.10. The van der Waals surface area contributed by atoms with Crippen LogP contribution < -0.4 is 5.73 Å². The molecule has 0 aliphatic rings. The summed E-state index contributed by atoms with van der Waals surface area (Å²) < 4.78 is 61.3. The fraction of sp³-hybridized carbons (Fsp3) is 0.400. The lowest BCUT2D eigenvalue weighted by atomic mass is 10.1. The first-order valence-electron chi connectivity index (χ1n) is 4.57. The molecule has 0 bridgehead atoms. The van der Waals surface area contributed by atoms with Gasteiger partial charge < -0.3 is 5.73 Å². The van der Waals surface area contributed by atoms with Gasteiger partial charge in [-0.2, -0.15) is 13.2 Å². The minimum absolute atomic E-state index is 0. The normalized spacial score (nSPS) is 13.1. The fourth-order valence-electron chi connectivity index (χ4n) is 1.18. The van der Waals surface area contributed by atoms with E-state index in [2.05, 4.69) is 0 Å². The molecule has 0 aliphatic heterocycles. The van der Waals surface area contributed by atoms with Crippen LogP contribution in [-0.4, -0.2) is 12.2 Å². The van der Waals surface area contributed by atoms with Gasteiger partial charge in [-0.05, 0) is 30.5 Å². The molecular weight excluding hydrogens is 265 g/mol. The van der Waals surface area contributed by atoms with Gasteiger partial charge in [0, 0.05) is 0 Å². The van der Waals surface area contributed by atoms with E-state index >= 15 is 0 Å². The Bertz CT molecular complexity index is 366. The highest BCUT2D eigenvalue weighted by Crippen LogP contribution is 2.22. The van der Waals surface area contributed by atoms with Crippen LogP contribution in [0.15, 0.2) is 18.2 Å². The molecule has 17 heavy (non-hydrogen) atoms. The van der Waals surface area contributed by atoms with Crippen molar-refractivity contribution in [2.75, 3.05) is 0 Å². The monoisotopic (exact) mass is 275 g/mol. The van der Waals surface area contributed by atoms with E-state index in [9.17, 15) is 22.0 Å². The van der Waals surface area contributed by atoms with Crippen molar-refractivity contribution in [3.05, 3.63) is 35.4 Å². The molecule has 2 N–H and O–H groups in total. The van der Waals surface area contributed by atoms with Crippen LogP contribution in [0.3, 0.4) is 0 Å². The maximum Gasteiger partial charge on any atom is 0.403 e. The Morgan fingerprint density at radius 3 is 2.18 bits per heavy atom. The van der Waals surface area contributed by atoms with Crippen LogP contribution in [0.5, 0.6) is 0 Å². The summed E-state index contributed by atoms with van der Waals surface area (Å²) in [5, 5.41) is 0. The standard InChI is InChI=1S/C10H10F5N.ClH/c11-7-3-1-6(5-8(7)12)2-4-9(16)10(13,14)15;/h1,3,5,9H,2,4,16H2;1H. The van der Waals surface area contributed by atoms with E-state index in [0.29, 0.717) is 5.56 Å². The second-order valence-electron chi connectivity index (χ2n) is 3.44. The molecule has 98 valence electrons. The van der Waals surface area contributed by atoms with Crippen molar-refractivity contribution in [3.63, 3.8) is 0 Å². The zero-order valence-electron chi connectivity index (χ0n) is 8.60. The molecule has 1 aromatic rings. The molecule has 0 saturated heterocycles. The molecule has 1 aromatic carbocycles. The lowest BCUT2D eigenvalue weighted by Gasteiger charge is -2.15. The van der Waals surface area contributed by atoms with E-state index in [1.165, 1.54) is 6.07 Å². The van der Waals surface area contributed by atoms with Gasteiger partial charge in [0.15, 0.2) is 11.6 Å². The molecule has 1 rings (SSSR count). The van der Waals surface area contributed by atoms with Crippen molar-refractivity contribution >= 4 is 12.4 Å². The minimum Gasteiger partial charge on any atom is -0.320 e. The van der Waals surface area contributed by atoms with E-state index in [1.54, 1.807) is 0 Å². The van der Waals surface area contributed by atoms with E-state index < -0.39 is 23.9 Å². The third-order valence-corrected chi connectivity index (χ3v) is 2.15. The number of halogens is 6. The van der Waals surface area contributed by atoms with Gasteiger partial charge in [0.05, 0.1) is 0 Å². The predicted octanol–water partition coefficient (Wildman–Crippen LogP) is 3.21. The second kappa shape index (κ2) is 6.16. The second-order valence-corrected chi connectivity index (χ2v) is 3.44. The van der Waals surface area contributed by atoms with Crippen LogP contribution in [0.1, 0.15) is 12.0 Å². The number of alkyl halides is 3. The van der Waals surface area contributed by atoms with Crippen LogP contribution in [0, 0.1) is 11.6 Å². The summed E-state index contributed by atoms with van der Waals surface area (Å²) in [6.07, 6.45) is -4.86. The van der Waals surface area contributed by atoms with Crippen molar-refractivity contribution in [1.29, 1.82) is 0 Å². The smallest absolute Gasteiger partial charge is 0.320 e. The van der Waals surface area contributed by atoms with Gasteiger partial charge >= 0.3 is 6.18 Å². The largest absolute Gasteiger partial charge is 0.403 e. The SMILES string of the molecule is Cl.NC(CCc1ccc(F)c(F)c1)C(F)(F)F. The fourth-order valence-corrected chi connectivity index (χ4v) is 1.18. The molecule has 0 amide bonds. The summed E-state index contributed by atoms with van der Waals surface area (Å²) in [5.41, 5.74) is 5.16. The maximum atomic E-state index is 12.7. The summed E-state index contributed by atoms with van der Waals surface area (Å²) >= 11 is 0. The molecule has 0 aliphatic carbocycles. The van der Waals surface area contributed by atoms with Crippen molar-refractivity contribution in [2.24, 2.45) is 5.73 Å². The first-order valence-corrected chi connectivity index (χ1v) is 4.57. The highest BCUT2D eigenvalue weighted by molar-refractivity contribution is 5.85. The minimum atomic E-state index is -4.46. The molecule has 7 heteroatoms. The molecule has 1 atom stereocenters. The highest BCUT2D eigenvalue weighted by atomic mass is 35.5. The van der Waals surface area contributed by atoms with Crippen LogP contribution in [0.4, 0.5) is 22.0 Å². The Morgan fingerprint density at radius 2 is 1.71 bits per heavy atom. The van der Waals surface area contributed by atoms with E-state index in [4.69, 9.17) is 5.73 Å². The average Bonchev–Trinajstić information content (AvgIpc) is 2.18. The van der Waals surface area contributed by atoms with Gasteiger partial charge in [0.1, 0.15) is 6.04 Å². The molecule has 1 nitrogen and oxygen atoms in total. The lowest BCUT2D eigenvalue weighted by Crippen LogP contribution is -2.37. The van der Waals surface area contributed by atoms with Crippen LogP contribution >= 0.6 is 12.4 Å². The molecule has 0 heterocycles. The first kappa shape index (κ1) is 16.1. The van der Waals surface area contributed by atoms with Gasteiger partial charge in [0.25, 0.3) is 0 Å². The third kappa shape index (κ3) is 4.87. The van der Waals surface area contributed by atoms with Gasteiger partial charge in [-0.15, -0.1) is 12.4 Å². The molecule has 0 radical (unpaired) electrons. The number of hydrogen-bond donors (Lipinski definition) is 1. The van der Waals surface area contributed by atoms with Gasteiger partial charge in [-0.25, -0.2) is 8.78 Å². The molecule has 0 saturated carbocycles. The van der Waals surface area contributed by atoms with E-state index in [0.717, 1.165) is 12.1 Å². The molecule has 0 fully saturated rings. The molecule has 0 aromatic heterocycles. The summed E-state index contributed by atoms with van der Waals surface area (Å²) in [6.45, 7) is 0. The Balaban J connectivity index is 0.00000256. The lowest BCUT2D eigenvalue weighted by molar-refractivity contribution is -0.148. The van der Waals surface area contributed by atoms with Crippen LogP contribution in [-0.2, 0) is 6.42 Å². The summed E-state index contributed by atoms with van der Waals surface area (Å²) in [6, 6.07) is 1.05. The van der Waals surface area contributed by atoms with Crippen LogP contribution in [0.2, 0.25) is 0 Å². The topological polar surface area (TPSA) is 26.0 Å². The number of nitrogens with two attached hydrogens (primary N) is 1. The van der Waals surface area contributed by atoms with Gasteiger partial charge in [-0.3, -0.25) is 0 Å². The van der Waals surface area contributed by atoms with Crippen LogP contribution in [0.25, 0.3) is 0 Å². The number of benzene rings is 1. The Morgan fingerprint density at radius 1 is 1.12 bits per heavy atom. The quantitative estimate of drug-likeness (QED) is 0.842. The van der Waals surface area contributed by atoms with E-state index in [1.807, 2.05) is 0 Å². The Kier molecular flexibility index (Phi) is 5.84. The Hall–Kier alpha value is -0.880. The predicted molar refractivity (Wildman–Crippen MR) is 56.0 cm³/mol. The first-order chi connectivity index (χ1) is 7.30. The van der Waals surface area contributed by atoms with Crippen molar-refractivity contribution in [1.82, 2.24) is 0 Å². The van der Waals surface area contributed by atoms with Gasteiger partial charge in [-0.1, -0.05) is 6.07 Å². The maximum absolute atomic E-state index is 12.7. The summed E-state index contributed by atoms with van der Waals surface area (Å²) in [4.78, 5) is 0. The zero-order chi connectivity index (χ0) is 12.3. The molecule has 0 spiro atoms. The van der Waals surface area contributed by atoms with Gasteiger partial charge in [0.2, 0.25) is 0 Å². The number of rotatable bonds is 3. The molecular formula is C10H11ClF5N. The summed E-state index contributed by atoms with van der Waals surface area (Å²) in [7, 11) is 0. The number of hydrogen-bond acceptors (Lipinski definition) is 1. The van der Waals surface area contributed by atoms with Crippen molar-refractivity contribution in [2.45, 2.75) is 25.1 Å². The van der Waals surface area contributed by atoms with Crippen molar-refractivity contribution < 1.29 is 22.0 Å². The van der Waals surface area contributed by atoms with E-state index in [-0.39, 0.29) is 25.2 Å². The molecule has 1 unspecified atom stereocenters. The Labute approximate surface area is 101 Å². The number of aryl methyl sites for hydroxylation is 1.